The van der Waals surface area contributed by atoms with E-state index in [2.05, 4.69) is 0 Å². The van der Waals surface area contributed by atoms with Crippen molar-refractivity contribution in [3.8, 4) is 11.1 Å². The van der Waals surface area contributed by atoms with Crippen LogP contribution in [0.4, 0.5) is 4.39 Å². The van der Waals surface area contributed by atoms with E-state index in [0.29, 0.717) is 6.42 Å². The van der Waals surface area contributed by atoms with Crippen molar-refractivity contribution in [2.45, 2.75) is 31.4 Å². The molecule has 26 heavy (non-hydrogen) atoms. The SMILES string of the molecule is Cc1cc(CCC(C)(C(=O)NO)S(C)(=O)=O)ccc1-c1ccc(F)cc1. The molecule has 1 atom stereocenters. The van der Waals surface area contributed by atoms with Crippen molar-refractivity contribution in [2.75, 3.05) is 6.26 Å². The molecule has 0 spiro atoms. The Kier molecular flexibility index (Phi) is 5.83. The van der Waals surface area contributed by atoms with Crippen molar-refractivity contribution in [1.82, 2.24) is 5.48 Å². The minimum Gasteiger partial charge on any atom is -0.289 e. The summed E-state index contributed by atoms with van der Waals surface area (Å²) < 4.78 is 35.4. The number of hydrogen-bond donors (Lipinski definition) is 2. The van der Waals surface area contributed by atoms with Crippen LogP contribution >= 0.6 is 0 Å². The molecule has 7 heteroatoms. The summed E-state index contributed by atoms with van der Waals surface area (Å²) in [6, 6.07) is 11.8. The minimum atomic E-state index is -3.72. The molecule has 2 N–H and O–H groups in total. The minimum absolute atomic E-state index is 0.0353. The van der Waals surface area contributed by atoms with E-state index in [1.165, 1.54) is 24.5 Å². The molecule has 5 nitrogen and oxygen atoms in total. The van der Waals surface area contributed by atoms with Gasteiger partial charge in [0.2, 0.25) is 0 Å². The van der Waals surface area contributed by atoms with Gasteiger partial charge in [0, 0.05) is 6.26 Å². The van der Waals surface area contributed by atoms with Crippen molar-refractivity contribution in [2.24, 2.45) is 0 Å². The fourth-order valence-corrected chi connectivity index (χ4v) is 3.66. The molecule has 2 rings (SSSR count). The van der Waals surface area contributed by atoms with Gasteiger partial charge in [-0.2, -0.15) is 0 Å². The van der Waals surface area contributed by atoms with Gasteiger partial charge in [-0.1, -0.05) is 30.3 Å². The van der Waals surface area contributed by atoms with Crippen LogP contribution in [0.1, 0.15) is 24.5 Å². The number of rotatable bonds is 6. The van der Waals surface area contributed by atoms with E-state index in [0.717, 1.165) is 28.5 Å². The van der Waals surface area contributed by atoms with Gasteiger partial charge in [-0.05, 0) is 61.1 Å². The van der Waals surface area contributed by atoms with Crippen LogP contribution in [0.25, 0.3) is 11.1 Å². The highest BCUT2D eigenvalue weighted by Crippen LogP contribution is 2.27. The maximum Gasteiger partial charge on any atom is 0.264 e. The van der Waals surface area contributed by atoms with Gasteiger partial charge in [0.25, 0.3) is 5.91 Å². The molecular weight excluding hydrogens is 357 g/mol. The first-order valence-corrected chi connectivity index (χ1v) is 9.97. The molecular formula is C19H22FNO4S. The van der Waals surface area contributed by atoms with Crippen molar-refractivity contribution in [3.63, 3.8) is 0 Å². The number of carbonyl (C=O) groups is 1. The summed E-state index contributed by atoms with van der Waals surface area (Å²) in [4.78, 5) is 11.9. The maximum atomic E-state index is 13.1. The molecule has 1 amide bonds. The van der Waals surface area contributed by atoms with Crippen LogP contribution in [0.5, 0.6) is 0 Å². The van der Waals surface area contributed by atoms with E-state index in [1.807, 2.05) is 25.1 Å². The molecule has 0 heterocycles. The molecule has 2 aromatic rings. The van der Waals surface area contributed by atoms with E-state index in [-0.39, 0.29) is 12.2 Å². The van der Waals surface area contributed by atoms with Crippen LogP contribution in [0.2, 0.25) is 0 Å². The Labute approximate surface area is 152 Å². The van der Waals surface area contributed by atoms with Crippen LogP contribution in [0.15, 0.2) is 42.5 Å². The van der Waals surface area contributed by atoms with E-state index in [1.54, 1.807) is 12.1 Å². The number of sulfone groups is 1. The largest absolute Gasteiger partial charge is 0.289 e. The number of hydrogen-bond acceptors (Lipinski definition) is 4. The lowest BCUT2D eigenvalue weighted by atomic mass is 9.94. The predicted molar refractivity (Wildman–Crippen MR) is 98.1 cm³/mol. The number of hydroxylamine groups is 1. The monoisotopic (exact) mass is 379 g/mol. The van der Waals surface area contributed by atoms with Gasteiger partial charge in [0.05, 0.1) is 0 Å². The summed E-state index contributed by atoms with van der Waals surface area (Å²) in [5.41, 5.74) is 5.11. The third kappa shape index (κ3) is 4.11. The fourth-order valence-electron chi connectivity index (χ4n) is 2.80. The van der Waals surface area contributed by atoms with Crippen molar-refractivity contribution >= 4 is 15.7 Å². The van der Waals surface area contributed by atoms with Crippen LogP contribution < -0.4 is 5.48 Å². The van der Waals surface area contributed by atoms with Gasteiger partial charge in [-0.25, -0.2) is 18.3 Å². The standard InChI is InChI=1S/C19H22FNO4S/c1-13-12-14(4-9-17(13)15-5-7-16(20)8-6-15)10-11-19(2,18(22)21-23)26(3,24)25/h4-9,12,23H,10-11H2,1-3H3,(H,21,22). The Morgan fingerprint density at radius 2 is 1.81 bits per heavy atom. The fraction of sp³-hybridized carbons (Fsp3) is 0.316. The smallest absolute Gasteiger partial charge is 0.264 e. The lowest BCUT2D eigenvalue weighted by Gasteiger charge is -2.25. The topological polar surface area (TPSA) is 83.5 Å². The number of carbonyl (C=O) groups excluding carboxylic acids is 1. The molecule has 0 bridgehead atoms. The first kappa shape index (κ1) is 20.1. The molecule has 0 aliphatic heterocycles. The second kappa shape index (κ2) is 7.55. The zero-order chi connectivity index (χ0) is 19.5. The predicted octanol–water partition coefficient (Wildman–Crippen LogP) is 3.04. The summed E-state index contributed by atoms with van der Waals surface area (Å²) in [5.74, 6) is -1.25. The Hall–Kier alpha value is -2.25. The number of halogens is 1. The first-order valence-electron chi connectivity index (χ1n) is 8.08. The van der Waals surface area contributed by atoms with Crippen LogP contribution in [-0.4, -0.2) is 30.5 Å². The highest BCUT2D eigenvalue weighted by atomic mass is 32.2. The molecule has 0 fully saturated rings. The average Bonchev–Trinajstić information content (AvgIpc) is 2.59. The van der Waals surface area contributed by atoms with Gasteiger partial charge < -0.3 is 0 Å². The van der Waals surface area contributed by atoms with Gasteiger partial charge in [0.15, 0.2) is 9.84 Å². The molecule has 140 valence electrons. The molecule has 0 saturated heterocycles. The molecule has 0 radical (unpaired) electrons. The van der Waals surface area contributed by atoms with Gasteiger partial charge in [-0.3, -0.25) is 10.0 Å². The second-order valence-corrected chi connectivity index (χ2v) is 9.05. The molecule has 0 aromatic heterocycles. The van der Waals surface area contributed by atoms with E-state index in [4.69, 9.17) is 5.21 Å². The van der Waals surface area contributed by atoms with Crippen molar-refractivity contribution < 1.29 is 22.8 Å². The second-order valence-electron chi connectivity index (χ2n) is 6.60. The van der Waals surface area contributed by atoms with Gasteiger partial charge >= 0.3 is 0 Å². The summed E-state index contributed by atoms with van der Waals surface area (Å²) in [7, 11) is -3.72. The Morgan fingerprint density at radius 1 is 1.19 bits per heavy atom. The molecule has 0 aliphatic rings. The first-order chi connectivity index (χ1) is 12.1. The van der Waals surface area contributed by atoms with E-state index >= 15 is 0 Å². The lowest BCUT2D eigenvalue weighted by molar-refractivity contribution is -0.131. The number of aryl methyl sites for hydroxylation is 2. The summed E-state index contributed by atoms with van der Waals surface area (Å²) in [5, 5.41) is 8.87. The quantitative estimate of drug-likeness (QED) is 0.597. The third-order valence-corrected chi connectivity index (χ3v) is 6.76. The van der Waals surface area contributed by atoms with Crippen LogP contribution in [-0.2, 0) is 21.1 Å². The number of amides is 1. The Balaban J connectivity index is 2.24. The van der Waals surface area contributed by atoms with Gasteiger partial charge in [0.1, 0.15) is 10.6 Å². The summed E-state index contributed by atoms with van der Waals surface area (Å²) in [6.07, 6.45) is 1.36. The Morgan fingerprint density at radius 3 is 2.31 bits per heavy atom. The van der Waals surface area contributed by atoms with Crippen LogP contribution in [0, 0.1) is 12.7 Å². The molecule has 2 aromatic carbocycles. The normalized spacial score (nSPS) is 13.9. The number of nitrogens with one attached hydrogen (secondary N) is 1. The van der Waals surface area contributed by atoms with Crippen LogP contribution in [0.3, 0.4) is 0 Å². The molecule has 1 unspecified atom stereocenters. The highest BCUT2D eigenvalue weighted by Gasteiger charge is 2.43. The van der Waals surface area contributed by atoms with Crippen molar-refractivity contribution in [1.29, 1.82) is 0 Å². The zero-order valence-electron chi connectivity index (χ0n) is 14.9. The highest BCUT2D eigenvalue weighted by molar-refractivity contribution is 7.92. The Bertz CT molecular complexity index is 910. The van der Waals surface area contributed by atoms with Gasteiger partial charge in [-0.15, -0.1) is 0 Å². The molecule has 0 saturated carbocycles. The summed E-state index contributed by atoms with van der Waals surface area (Å²) in [6.45, 7) is 3.21. The average molecular weight is 379 g/mol. The zero-order valence-corrected chi connectivity index (χ0v) is 15.7. The van der Waals surface area contributed by atoms with Crippen molar-refractivity contribution in [3.05, 3.63) is 59.4 Å². The maximum absolute atomic E-state index is 13.1. The number of benzene rings is 2. The lowest BCUT2D eigenvalue weighted by Crippen LogP contribution is -2.49. The summed E-state index contributed by atoms with van der Waals surface area (Å²) >= 11 is 0. The van der Waals surface area contributed by atoms with E-state index in [9.17, 15) is 17.6 Å². The van der Waals surface area contributed by atoms with E-state index < -0.39 is 20.5 Å². The molecule has 0 aliphatic carbocycles. The third-order valence-electron chi connectivity index (χ3n) is 4.74.